The van der Waals surface area contributed by atoms with E-state index in [-0.39, 0.29) is 0 Å². The molecule has 78 valence electrons. The van der Waals surface area contributed by atoms with Gasteiger partial charge in [-0.05, 0) is 42.0 Å². The fraction of sp³-hybridized carbons (Fsp3) is 0.417. The number of nitrogens with one attached hydrogen (secondary N) is 1. The maximum atomic E-state index is 12.7. The van der Waals surface area contributed by atoms with Crippen LogP contribution in [0.5, 0.6) is 0 Å². The lowest BCUT2D eigenvalue weighted by Gasteiger charge is -2.42. The molecule has 1 fully saturated rings. The van der Waals surface area contributed by atoms with Gasteiger partial charge in [0.05, 0.1) is 0 Å². The van der Waals surface area contributed by atoms with Crippen molar-refractivity contribution in [2.75, 3.05) is 6.54 Å². The number of fused-ring (bicyclic) bond motifs is 1. The van der Waals surface area contributed by atoms with Gasteiger partial charge in [-0.1, -0.05) is 6.08 Å². The molecule has 1 N–H and O–H groups in total. The van der Waals surface area contributed by atoms with Gasteiger partial charge in [0.1, 0.15) is 0 Å². The highest BCUT2D eigenvalue weighted by atomic mass is 19.1. The maximum absolute atomic E-state index is 12.7. The summed E-state index contributed by atoms with van der Waals surface area (Å²) in [6, 6.07) is 3.72. The molecule has 1 aromatic heterocycles. The Labute approximate surface area is 88.2 Å². The molecule has 0 unspecified atom stereocenters. The molecule has 1 saturated heterocycles. The molecule has 2 aliphatic rings. The van der Waals surface area contributed by atoms with Crippen LogP contribution in [0.1, 0.15) is 18.4 Å². The Morgan fingerprint density at radius 3 is 3.00 bits per heavy atom. The third-order valence-electron chi connectivity index (χ3n) is 3.37. The molecule has 0 radical (unpaired) electrons. The van der Waals surface area contributed by atoms with Gasteiger partial charge in [-0.3, -0.25) is 0 Å². The minimum atomic E-state index is -0.409. The summed E-state index contributed by atoms with van der Waals surface area (Å²) in [5.41, 5.74) is 2.35. The summed E-state index contributed by atoms with van der Waals surface area (Å²) in [5, 5.41) is 3.42. The number of rotatable bonds is 1. The van der Waals surface area contributed by atoms with Gasteiger partial charge >= 0.3 is 0 Å². The molecule has 2 atom stereocenters. The van der Waals surface area contributed by atoms with Gasteiger partial charge in [0, 0.05) is 18.8 Å². The average Bonchev–Trinajstić information content (AvgIpc) is 2.21. The number of allylic oxidation sites excluding steroid dienone is 1. The van der Waals surface area contributed by atoms with E-state index in [2.05, 4.69) is 16.4 Å². The van der Waals surface area contributed by atoms with Crippen LogP contribution in [0, 0.1) is 11.9 Å². The normalized spacial score (nSPS) is 29.0. The largest absolute Gasteiger partial charge is 0.309 e. The molecule has 2 heterocycles. The first-order chi connectivity index (χ1) is 7.34. The summed E-state index contributed by atoms with van der Waals surface area (Å²) in [5.74, 6) is 0.364. The molecule has 0 spiro atoms. The highest BCUT2D eigenvalue weighted by Crippen LogP contribution is 2.35. The zero-order valence-electron chi connectivity index (χ0n) is 8.41. The maximum Gasteiger partial charge on any atom is 0.212 e. The second kappa shape index (κ2) is 3.42. The summed E-state index contributed by atoms with van der Waals surface area (Å²) in [7, 11) is 0. The third kappa shape index (κ3) is 1.47. The Morgan fingerprint density at radius 1 is 1.40 bits per heavy atom. The van der Waals surface area contributed by atoms with Crippen LogP contribution in [0.2, 0.25) is 0 Å². The number of nitrogens with zero attached hydrogens (tertiary/aromatic N) is 1. The summed E-state index contributed by atoms with van der Waals surface area (Å²) in [6.45, 7) is 1.12. The Kier molecular flexibility index (Phi) is 2.06. The van der Waals surface area contributed by atoms with Crippen molar-refractivity contribution in [1.29, 1.82) is 0 Å². The van der Waals surface area contributed by atoms with Crippen LogP contribution in [0.15, 0.2) is 24.4 Å². The summed E-state index contributed by atoms with van der Waals surface area (Å²) >= 11 is 0. The van der Waals surface area contributed by atoms with Crippen molar-refractivity contribution in [2.24, 2.45) is 5.92 Å². The van der Waals surface area contributed by atoms with Crippen LogP contribution >= 0.6 is 0 Å². The molecule has 3 heteroatoms. The Balaban J connectivity index is 1.92. The lowest BCUT2D eigenvalue weighted by atomic mass is 9.76. The van der Waals surface area contributed by atoms with Crippen molar-refractivity contribution in [3.05, 3.63) is 35.9 Å². The Bertz CT molecular complexity index is 397. The van der Waals surface area contributed by atoms with E-state index >= 15 is 0 Å². The minimum absolute atomic E-state index is 0.409. The van der Waals surface area contributed by atoms with Gasteiger partial charge in [-0.25, -0.2) is 4.98 Å². The highest BCUT2D eigenvalue weighted by molar-refractivity contribution is 5.71. The minimum Gasteiger partial charge on any atom is -0.309 e. The molecule has 0 aromatic carbocycles. The molecule has 0 saturated carbocycles. The second-order valence-corrected chi connectivity index (χ2v) is 4.25. The first-order valence-electron chi connectivity index (χ1n) is 5.40. The Hall–Kier alpha value is -1.22. The van der Waals surface area contributed by atoms with Crippen LogP contribution in [0.3, 0.4) is 0 Å². The fourth-order valence-corrected chi connectivity index (χ4v) is 2.46. The van der Waals surface area contributed by atoms with Crippen LogP contribution in [0.25, 0.3) is 5.57 Å². The molecular weight excluding hydrogens is 191 g/mol. The van der Waals surface area contributed by atoms with E-state index in [1.54, 1.807) is 6.20 Å². The van der Waals surface area contributed by atoms with E-state index in [9.17, 15) is 4.39 Å². The quantitative estimate of drug-likeness (QED) is 0.707. The summed E-state index contributed by atoms with van der Waals surface area (Å²) in [4.78, 5) is 3.70. The van der Waals surface area contributed by atoms with Gasteiger partial charge in [0.2, 0.25) is 5.95 Å². The molecule has 2 nitrogen and oxygen atoms in total. The zero-order valence-corrected chi connectivity index (χ0v) is 8.41. The summed E-state index contributed by atoms with van der Waals surface area (Å²) < 4.78 is 12.7. The van der Waals surface area contributed by atoms with E-state index in [0.29, 0.717) is 6.04 Å². The van der Waals surface area contributed by atoms with Crippen molar-refractivity contribution in [2.45, 2.75) is 18.9 Å². The lowest BCUT2D eigenvalue weighted by molar-refractivity contribution is 0.262. The van der Waals surface area contributed by atoms with E-state index < -0.39 is 5.95 Å². The smallest absolute Gasteiger partial charge is 0.212 e. The van der Waals surface area contributed by atoms with E-state index in [1.807, 2.05) is 6.07 Å². The predicted octanol–water partition coefficient (Wildman–Crippen LogP) is 1.99. The monoisotopic (exact) mass is 204 g/mol. The van der Waals surface area contributed by atoms with Gasteiger partial charge in [0.15, 0.2) is 0 Å². The van der Waals surface area contributed by atoms with Crippen LogP contribution in [0.4, 0.5) is 4.39 Å². The van der Waals surface area contributed by atoms with Crippen molar-refractivity contribution in [3.63, 3.8) is 0 Å². The number of hydrogen-bond donors (Lipinski definition) is 1. The first kappa shape index (κ1) is 9.04. The summed E-state index contributed by atoms with van der Waals surface area (Å²) in [6.07, 6.45) is 6.29. The van der Waals surface area contributed by atoms with Crippen LogP contribution < -0.4 is 5.32 Å². The highest BCUT2D eigenvalue weighted by Gasteiger charge is 2.35. The molecule has 1 aromatic rings. The van der Waals surface area contributed by atoms with Crippen molar-refractivity contribution in [1.82, 2.24) is 10.3 Å². The van der Waals surface area contributed by atoms with Crippen LogP contribution in [-0.2, 0) is 0 Å². The number of aromatic nitrogens is 1. The molecule has 1 aliphatic carbocycles. The number of hydrogen-bond acceptors (Lipinski definition) is 2. The predicted molar refractivity (Wildman–Crippen MR) is 56.7 cm³/mol. The molecule has 0 amide bonds. The Morgan fingerprint density at radius 2 is 2.33 bits per heavy atom. The van der Waals surface area contributed by atoms with Gasteiger partial charge in [0.25, 0.3) is 0 Å². The molecule has 0 bridgehead atoms. The average molecular weight is 204 g/mol. The molecule has 1 aliphatic heterocycles. The van der Waals surface area contributed by atoms with E-state index in [1.165, 1.54) is 18.1 Å². The van der Waals surface area contributed by atoms with E-state index in [4.69, 9.17) is 0 Å². The third-order valence-corrected chi connectivity index (χ3v) is 3.37. The zero-order chi connectivity index (χ0) is 10.3. The fourth-order valence-electron chi connectivity index (χ4n) is 2.46. The van der Waals surface area contributed by atoms with E-state index in [0.717, 1.165) is 24.4 Å². The first-order valence-corrected chi connectivity index (χ1v) is 5.40. The lowest BCUT2D eigenvalue weighted by Crippen LogP contribution is -2.54. The second-order valence-electron chi connectivity index (χ2n) is 4.25. The van der Waals surface area contributed by atoms with Gasteiger partial charge < -0.3 is 5.32 Å². The van der Waals surface area contributed by atoms with Crippen molar-refractivity contribution >= 4 is 5.57 Å². The van der Waals surface area contributed by atoms with Crippen molar-refractivity contribution in [3.8, 4) is 0 Å². The van der Waals surface area contributed by atoms with Crippen molar-refractivity contribution < 1.29 is 4.39 Å². The van der Waals surface area contributed by atoms with Gasteiger partial charge in [-0.15, -0.1) is 0 Å². The number of pyridine rings is 1. The molecule has 3 rings (SSSR count). The number of halogens is 1. The molecular formula is C12H13FN2. The van der Waals surface area contributed by atoms with Gasteiger partial charge in [-0.2, -0.15) is 4.39 Å². The van der Waals surface area contributed by atoms with Crippen LogP contribution in [-0.4, -0.2) is 17.6 Å². The standard InChI is InChI=1S/C12H13FN2/c13-11-5-4-8(6-14-11)10-3-1-2-9-7-15-12(9)10/h3-6,9,12,15H,1-2,7H2/t9-,12+/m0/s1. The SMILES string of the molecule is Fc1ccc(C2=CCC[C@H]3CN[C@@H]23)cn1. The topological polar surface area (TPSA) is 24.9 Å². The molecule has 15 heavy (non-hydrogen) atoms.